The molecule has 232 valence electrons. The first-order valence-corrected chi connectivity index (χ1v) is 17.5. The van der Waals surface area contributed by atoms with E-state index in [1.165, 1.54) is 92.8 Å². The lowest BCUT2D eigenvalue weighted by Crippen LogP contribution is -2.23. The SMILES string of the molecule is CC1(C)c2ccccc2CC1c1c2ccccc2c(-c2cc3cc(-c4cccc5ccccc45)ccc3c3ccccc23)c2ccccc12. The van der Waals surface area contributed by atoms with Gasteiger partial charge < -0.3 is 0 Å². The van der Waals surface area contributed by atoms with Crippen LogP contribution in [0.15, 0.2) is 164 Å². The van der Waals surface area contributed by atoms with Crippen molar-refractivity contribution in [1.29, 1.82) is 0 Å². The second-order valence-corrected chi connectivity index (χ2v) is 14.4. The zero-order valence-corrected chi connectivity index (χ0v) is 27.9. The van der Waals surface area contributed by atoms with Crippen LogP contribution in [0.5, 0.6) is 0 Å². The van der Waals surface area contributed by atoms with Gasteiger partial charge in [-0.05, 0) is 123 Å². The zero-order valence-electron chi connectivity index (χ0n) is 27.9. The normalized spacial score (nSPS) is 15.4. The van der Waals surface area contributed by atoms with Crippen LogP contribution in [-0.2, 0) is 11.8 Å². The number of hydrogen-bond acceptors (Lipinski definition) is 0. The summed E-state index contributed by atoms with van der Waals surface area (Å²) in [6.45, 7) is 4.90. The third kappa shape index (κ3) is 4.17. The Bertz CT molecular complexity index is 2720. The minimum Gasteiger partial charge on any atom is -0.0620 e. The highest BCUT2D eigenvalue weighted by Gasteiger charge is 2.41. The molecule has 1 aliphatic rings. The maximum absolute atomic E-state index is 2.47. The lowest BCUT2D eigenvalue weighted by atomic mass is 9.71. The first kappa shape index (κ1) is 28.3. The minimum atomic E-state index is 0.0251. The molecule has 9 aromatic carbocycles. The lowest BCUT2D eigenvalue weighted by Gasteiger charge is -2.31. The molecule has 0 aromatic heterocycles. The van der Waals surface area contributed by atoms with Crippen molar-refractivity contribution in [3.8, 4) is 22.3 Å². The molecule has 0 amide bonds. The van der Waals surface area contributed by atoms with E-state index in [9.17, 15) is 0 Å². The molecule has 1 unspecified atom stereocenters. The highest BCUT2D eigenvalue weighted by molar-refractivity contribution is 6.23. The summed E-state index contributed by atoms with van der Waals surface area (Å²) in [5.41, 5.74) is 9.63. The van der Waals surface area contributed by atoms with Crippen LogP contribution in [0.25, 0.3) is 76.1 Å². The summed E-state index contributed by atoms with van der Waals surface area (Å²) in [5.74, 6) is 0.380. The molecule has 0 bridgehead atoms. The van der Waals surface area contributed by atoms with Crippen molar-refractivity contribution < 1.29 is 0 Å². The van der Waals surface area contributed by atoms with Crippen LogP contribution in [-0.4, -0.2) is 0 Å². The van der Waals surface area contributed by atoms with Gasteiger partial charge in [0.1, 0.15) is 0 Å². The summed E-state index contributed by atoms with van der Waals surface area (Å²) in [4.78, 5) is 0. The standard InChI is InChI=1S/C49H36/c1-49(2)45-25-12-4-15-33(45)30-46(49)48-42-22-10-8-20-40(42)47(41-21-9-11-23-43(41)48)44-29-34-28-32(26-27-37(34)38-18-6-7-19-39(38)44)36-24-13-16-31-14-3-5-17-35(31)36/h3-29,46H,30H2,1-2H3. The van der Waals surface area contributed by atoms with E-state index < -0.39 is 0 Å². The van der Waals surface area contributed by atoms with E-state index >= 15 is 0 Å². The van der Waals surface area contributed by atoms with Crippen LogP contribution in [0.1, 0.15) is 36.5 Å². The maximum atomic E-state index is 2.47. The first-order chi connectivity index (χ1) is 24.1. The summed E-state index contributed by atoms with van der Waals surface area (Å²) < 4.78 is 0. The van der Waals surface area contributed by atoms with E-state index in [-0.39, 0.29) is 5.41 Å². The quantitative estimate of drug-likeness (QED) is 0.136. The van der Waals surface area contributed by atoms with Crippen molar-refractivity contribution in [3.05, 3.63) is 180 Å². The van der Waals surface area contributed by atoms with Gasteiger partial charge in [0.25, 0.3) is 0 Å². The van der Waals surface area contributed by atoms with Crippen molar-refractivity contribution in [2.75, 3.05) is 0 Å². The Morgan fingerprint density at radius 1 is 0.429 bits per heavy atom. The molecular formula is C49H36. The fourth-order valence-electron chi connectivity index (χ4n) is 9.25. The fraction of sp³-hybridized carbons (Fsp3) is 0.102. The molecule has 1 aliphatic carbocycles. The number of rotatable bonds is 3. The Labute approximate surface area is 287 Å². The van der Waals surface area contributed by atoms with Crippen LogP contribution >= 0.6 is 0 Å². The van der Waals surface area contributed by atoms with Gasteiger partial charge in [0.15, 0.2) is 0 Å². The maximum Gasteiger partial charge on any atom is -0.00171 e. The monoisotopic (exact) mass is 624 g/mol. The smallest absolute Gasteiger partial charge is 0.00171 e. The molecular weight excluding hydrogens is 589 g/mol. The summed E-state index contributed by atoms with van der Waals surface area (Å²) in [6, 6.07) is 61.3. The minimum absolute atomic E-state index is 0.0251. The Morgan fingerprint density at radius 3 is 1.76 bits per heavy atom. The van der Waals surface area contributed by atoms with Gasteiger partial charge >= 0.3 is 0 Å². The molecule has 0 aliphatic heterocycles. The predicted molar refractivity (Wildman–Crippen MR) is 211 cm³/mol. The van der Waals surface area contributed by atoms with Gasteiger partial charge in [0, 0.05) is 0 Å². The second-order valence-electron chi connectivity index (χ2n) is 14.4. The lowest BCUT2D eigenvalue weighted by molar-refractivity contribution is 0.452. The molecule has 10 rings (SSSR count). The molecule has 1 atom stereocenters. The zero-order chi connectivity index (χ0) is 32.7. The average molecular weight is 625 g/mol. The molecule has 0 saturated carbocycles. The van der Waals surface area contributed by atoms with Crippen LogP contribution in [0.2, 0.25) is 0 Å². The third-order valence-corrected chi connectivity index (χ3v) is 11.6. The van der Waals surface area contributed by atoms with Crippen LogP contribution < -0.4 is 0 Å². The van der Waals surface area contributed by atoms with Gasteiger partial charge in [-0.15, -0.1) is 0 Å². The summed E-state index contributed by atoms with van der Waals surface area (Å²) in [6.07, 6.45) is 1.06. The molecule has 9 aromatic rings. The second kappa shape index (κ2) is 10.6. The molecule has 0 nitrogen and oxygen atoms in total. The summed E-state index contributed by atoms with van der Waals surface area (Å²) in [7, 11) is 0. The van der Waals surface area contributed by atoms with Crippen LogP contribution in [0.4, 0.5) is 0 Å². The summed E-state index contributed by atoms with van der Waals surface area (Å²) in [5, 5.41) is 13.1. The van der Waals surface area contributed by atoms with E-state index in [4.69, 9.17) is 0 Å². The van der Waals surface area contributed by atoms with Crippen molar-refractivity contribution >= 4 is 53.9 Å². The molecule has 0 fully saturated rings. The third-order valence-electron chi connectivity index (χ3n) is 11.6. The Hall–Kier alpha value is -5.72. The Kier molecular flexibility index (Phi) is 6.15. The van der Waals surface area contributed by atoms with Gasteiger partial charge in [-0.3, -0.25) is 0 Å². The predicted octanol–water partition coefficient (Wildman–Crippen LogP) is 13.4. The first-order valence-electron chi connectivity index (χ1n) is 17.5. The number of benzene rings is 9. The highest BCUT2D eigenvalue weighted by Crippen LogP contribution is 2.53. The number of fused-ring (bicyclic) bond motifs is 7. The largest absolute Gasteiger partial charge is 0.0620 e. The van der Waals surface area contributed by atoms with Gasteiger partial charge in [-0.25, -0.2) is 0 Å². The highest BCUT2D eigenvalue weighted by atomic mass is 14.4. The van der Waals surface area contributed by atoms with E-state index in [0.29, 0.717) is 5.92 Å². The average Bonchev–Trinajstić information content (AvgIpc) is 3.42. The molecule has 0 saturated heterocycles. The van der Waals surface area contributed by atoms with Gasteiger partial charge in [-0.2, -0.15) is 0 Å². The Balaban J connectivity index is 1.28. The van der Waals surface area contributed by atoms with Crippen molar-refractivity contribution in [2.24, 2.45) is 0 Å². The van der Waals surface area contributed by atoms with Crippen molar-refractivity contribution in [3.63, 3.8) is 0 Å². The topological polar surface area (TPSA) is 0 Å². The fourth-order valence-corrected chi connectivity index (χ4v) is 9.25. The molecule has 0 heterocycles. The van der Waals surface area contributed by atoms with Gasteiger partial charge in [-0.1, -0.05) is 166 Å². The van der Waals surface area contributed by atoms with Gasteiger partial charge in [0.2, 0.25) is 0 Å². The van der Waals surface area contributed by atoms with Crippen molar-refractivity contribution in [2.45, 2.75) is 31.6 Å². The molecule has 0 spiro atoms. The van der Waals surface area contributed by atoms with E-state index in [0.717, 1.165) is 6.42 Å². The van der Waals surface area contributed by atoms with E-state index in [2.05, 4.69) is 178 Å². The Morgan fingerprint density at radius 2 is 1.02 bits per heavy atom. The van der Waals surface area contributed by atoms with Crippen LogP contribution in [0, 0.1) is 0 Å². The molecule has 0 N–H and O–H groups in total. The van der Waals surface area contributed by atoms with Crippen LogP contribution in [0.3, 0.4) is 0 Å². The molecule has 49 heavy (non-hydrogen) atoms. The summed E-state index contributed by atoms with van der Waals surface area (Å²) >= 11 is 0. The van der Waals surface area contributed by atoms with Gasteiger partial charge in [0.05, 0.1) is 0 Å². The van der Waals surface area contributed by atoms with E-state index in [1.807, 2.05) is 0 Å². The van der Waals surface area contributed by atoms with Crippen molar-refractivity contribution in [1.82, 2.24) is 0 Å². The number of hydrogen-bond donors (Lipinski definition) is 0. The van der Waals surface area contributed by atoms with E-state index in [1.54, 1.807) is 0 Å². The molecule has 0 heteroatoms. The molecule has 0 radical (unpaired) electrons.